The minimum Gasteiger partial charge on any atom is -0.441 e. The molecule has 0 saturated carbocycles. The Morgan fingerprint density at radius 1 is 1.15 bits per heavy atom. The molecule has 0 radical (unpaired) electrons. The number of nitrogens with zero attached hydrogens (tertiary/aromatic N) is 3. The zero-order valence-electron chi connectivity index (χ0n) is 21.5. The van der Waals surface area contributed by atoms with Crippen molar-refractivity contribution in [1.29, 1.82) is 0 Å². The first-order valence-corrected chi connectivity index (χ1v) is 13.2. The summed E-state index contributed by atoms with van der Waals surface area (Å²) in [4.78, 5) is 22.4. The lowest BCUT2D eigenvalue weighted by Gasteiger charge is -2.31. The molecule has 1 aromatic carbocycles. The first-order chi connectivity index (χ1) is 16.4. The summed E-state index contributed by atoms with van der Waals surface area (Å²) in [5, 5.41) is 3.20. The maximum absolute atomic E-state index is 12.7. The molecule has 1 N–H and O–H groups in total. The third kappa shape index (κ3) is 6.48. The van der Waals surface area contributed by atoms with Crippen molar-refractivity contribution in [2.24, 2.45) is 11.8 Å². The van der Waals surface area contributed by atoms with Crippen molar-refractivity contribution < 1.29 is 10.6 Å². The number of oxazole rings is 1. The summed E-state index contributed by atoms with van der Waals surface area (Å²) in [5.41, 5.74) is 4.49. The summed E-state index contributed by atoms with van der Waals surface area (Å²) in [6.07, 6.45) is 5.54. The molecule has 2 aromatic rings. The van der Waals surface area contributed by atoms with Crippen LogP contribution in [-0.4, -0.2) is 60.0 Å². The van der Waals surface area contributed by atoms with Crippen molar-refractivity contribution in [2.45, 2.75) is 66.3 Å². The number of piperidine rings is 2. The Labute approximate surface area is 206 Å². The Balaban J connectivity index is 0.00000342. The van der Waals surface area contributed by atoms with Crippen LogP contribution in [0.15, 0.2) is 22.6 Å². The molecule has 4 rings (SSSR count). The summed E-state index contributed by atoms with van der Waals surface area (Å²) < 4.78 is 6.02. The van der Waals surface area contributed by atoms with Crippen molar-refractivity contribution in [1.82, 2.24) is 20.1 Å². The molecule has 2 saturated heterocycles. The average molecular weight is 469 g/mol. The number of benzene rings is 1. The second-order valence-electron chi connectivity index (χ2n) is 10.6. The average Bonchev–Trinajstić information content (AvgIpc) is 3.16. The molecule has 0 aliphatic carbocycles. The third-order valence-electron chi connectivity index (χ3n) is 7.53. The fraction of sp³-hybridized carbons (Fsp3) is 0.643. The van der Waals surface area contributed by atoms with E-state index in [-0.39, 0.29) is 13.3 Å². The number of hydrogen-bond donors (Lipinski definition) is 1. The SMILES string of the molecule is Cc1ccc(-c2nc(CN3CCC(C(=O)NCCCN4CCC[C@H](C)C4)CC3)c(C)o2)c(C)c1.[HH]. The van der Waals surface area contributed by atoms with Crippen LogP contribution in [0.2, 0.25) is 0 Å². The summed E-state index contributed by atoms with van der Waals surface area (Å²) in [6.45, 7) is 15.5. The van der Waals surface area contributed by atoms with Crippen molar-refractivity contribution in [3.63, 3.8) is 0 Å². The van der Waals surface area contributed by atoms with Gasteiger partial charge in [-0.25, -0.2) is 4.98 Å². The Morgan fingerprint density at radius 3 is 2.68 bits per heavy atom. The normalized spacial score (nSPS) is 20.5. The number of aromatic nitrogens is 1. The standard InChI is InChI=1S/C28H42N4O2.H2/c1-20-8-9-25(22(3)17-20)28-30-26(23(4)34-28)19-32-15-10-24(11-16-32)27(33)29-12-6-14-31-13-5-7-21(2)18-31;/h8-9,17,21,24H,5-7,10-16,18-19H2,1-4H3,(H,29,33);1H/t21-;/m0./s1. The smallest absolute Gasteiger partial charge is 0.226 e. The number of hydrogen-bond acceptors (Lipinski definition) is 5. The monoisotopic (exact) mass is 468 g/mol. The van der Waals surface area contributed by atoms with E-state index in [4.69, 9.17) is 9.40 Å². The van der Waals surface area contributed by atoms with E-state index in [1.165, 1.54) is 37.1 Å². The lowest BCUT2D eigenvalue weighted by Crippen LogP contribution is -2.41. The van der Waals surface area contributed by atoms with Crippen LogP contribution in [0.1, 0.15) is 63.0 Å². The highest BCUT2D eigenvalue weighted by atomic mass is 16.4. The van der Waals surface area contributed by atoms with Crippen molar-refractivity contribution in [2.75, 3.05) is 39.3 Å². The summed E-state index contributed by atoms with van der Waals surface area (Å²) in [5.74, 6) is 2.78. The largest absolute Gasteiger partial charge is 0.441 e. The van der Waals surface area contributed by atoms with Gasteiger partial charge in [0.1, 0.15) is 5.76 Å². The summed E-state index contributed by atoms with van der Waals surface area (Å²) >= 11 is 0. The molecule has 0 spiro atoms. The maximum Gasteiger partial charge on any atom is 0.226 e. The Hall–Kier alpha value is -2.18. The Bertz CT molecular complexity index is 968. The number of carbonyl (C=O) groups is 1. The number of rotatable bonds is 8. The molecule has 6 heteroatoms. The minimum atomic E-state index is 0. The predicted octanol–water partition coefficient (Wildman–Crippen LogP) is 4.96. The molecule has 2 fully saturated rings. The van der Waals surface area contributed by atoms with E-state index in [9.17, 15) is 4.79 Å². The second kappa shape index (κ2) is 11.5. The Morgan fingerprint density at radius 2 is 1.94 bits per heavy atom. The van der Waals surface area contributed by atoms with Gasteiger partial charge in [0.05, 0.1) is 5.69 Å². The number of likely N-dealkylation sites (tertiary alicyclic amines) is 2. The van der Waals surface area contributed by atoms with Gasteiger partial charge in [0, 0.05) is 32.5 Å². The lowest BCUT2D eigenvalue weighted by molar-refractivity contribution is -0.126. The molecule has 6 nitrogen and oxygen atoms in total. The molecule has 0 bridgehead atoms. The molecule has 2 aliphatic rings. The Kier molecular flexibility index (Phi) is 8.43. The van der Waals surface area contributed by atoms with Gasteiger partial charge in [-0.15, -0.1) is 0 Å². The molecule has 1 amide bonds. The van der Waals surface area contributed by atoms with E-state index < -0.39 is 0 Å². The fourth-order valence-electron chi connectivity index (χ4n) is 5.46. The van der Waals surface area contributed by atoms with Crippen molar-refractivity contribution in [3.05, 3.63) is 40.8 Å². The van der Waals surface area contributed by atoms with Crippen molar-refractivity contribution >= 4 is 5.91 Å². The minimum absolute atomic E-state index is 0. The molecular formula is C28H44N4O2. The highest BCUT2D eigenvalue weighted by molar-refractivity contribution is 5.78. The highest BCUT2D eigenvalue weighted by Crippen LogP contribution is 2.27. The first-order valence-electron chi connectivity index (χ1n) is 13.2. The zero-order chi connectivity index (χ0) is 24.1. The van der Waals surface area contributed by atoms with Crippen LogP contribution < -0.4 is 5.32 Å². The van der Waals surface area contributed by atoms with E-state index in [1.54, 1.807) is 0 Å². The van der Waals surface area contributed by atoms with Gasteiger partial charge in [-0.2, -0.15) is 0 Å². The molecule has 2 aliphatic heterocycles. The number of amides is 1. The lowest BCUT2D eigenvalue weighted by atomic mass is 9.95. The van der Waals surface area contributed by atoms with Crippen LogP contribution in [0.3, 0.4) is 0 Å². The van der Waals surface area contributed by atoms with Gasteiger partial charge < -0.3 is 14.6 Å². The summed E-state index contributed by atoms with van der Waals surface area (Å²) in [6, 6.07) is 6.36. The topological polar surface area (TPSA) is 61.6 Å². The van der Waals surface area contributed by atoms with E-state index in [0.717, 1.165) is 74.9 Å². The molecule has 1 aromatic heterocycles. The first kappa shape index (κ1) is 24.9. The van der Waals surface area contributed by atoms with Gasteiger partial charge >= 0.3 is 0 Å². The molecule has 0 unspecified atom stereocenters. The predicted molar refractivity (Wildman–Crippen MR) is 139 cm³/mol. The quantitative estimate of drug-likeness (QED) is 0.555. The number of aryl methyl sites for hydroxylation is 3. The van der Waals surface area contributed by atoms with Crippen LogP contribution >= 0.6 is 0 Å². The van der Waals surface area contributed by atoms with Crippen LogP contribution in [-0.2, 0) is 11.3 Å². The van der Waals surface area contributed by atoms with Crippen LogP contribution in [0.4, 0.5) is 0 Å². The molecule has 188 valence electrons. The van der Waals surface area contributed by atoms with E-state index in [1.807, 2.05) is 6.92 Å². The van der Waals surface area contributed by atoms with Gasteiger partial charge in [0.2, 0.25) is 11.8 Å². The van der Waals surface area contributed by atoms with Gasteiger partial charge in [-0.05, 0) is 96.6 Å². The maximum atomic E-state index is 12.7. The summed E-state index contributed by atoms with van der Waals surface area (Å²) in [7, 11) is 0. The van der Waals surface area contributed by atoms with Gasteiger partial charge in [0.15, 0.2) is 0 Å². The zero-order valence-corrected chi connectivity index (χ0v) is 21.5. The number of carbonyl (C=O) groups excluding carboxylic acids is 1. The molecular weight excluding hydrogens is 424 g/mol. The van der Waals surface area contributed by atoms with Crippen LogP contribution in [0.25, 0.3) is 11.5 Å². The second-order valence-corrected chi connectivity index (χ2v) is 10.6. The molecule has 34 heavy (non-hydrogen) atoms. The number of nitrogens with one attached hydrogen (secondary N) is 1. The van der Waals surface area contributed by atoms with Gasteiger partial charge in [-0.1, -0.05) is 24.6 Å². The third-order valence-corrected chi connectivity index (χ3v) is 7.53. The van der Waals surface area contributed by atoms with Crippen molar-refractivity contribution in [3.8, 4) is 11.5 Å². The fourth-order valence-corrected chi connectivity index (χ4v) is 5.46. The highest BCUT2D eigenvalue weighted by Gasteiger charge is 2.26. The van der Waals surface area contributed by atoms with Crippen LogP contribution in [0.5, 0.6) is 0 Å². The molecule has 3 heterocycles. The van der Waals surface area contributed by atoms with Gasteiger partial charge in [-0.3, -0.25) is 9.69 Å². The van der Waals surface area contributed by atoms with E-state index >= 15 is 0 Å². The van der Waals surface area contributed by atoms with Crippen LogP contribution in [0, 0.1) is 32.6 Å². The van der Waals surface area contributed by atoms with Gasteiger partial charge in [0.25, 0.3) is 0 Å². The van der Waals surface area contributed by atoms with E-state index in [2.05, 4.69) is 54.1 Å². The molecule has 1 atom stereocenters. The van der Waals surface area contributed by atoms with E-state index in [0.29, 0.717) is 5.89 Å².